The van der Waals surface area contributed by atoms with E-state index in [2.05, 4.69) is 41.4 Å². The number of hydrogen-bond donors (Lipinski definition) is 0. The second kappa shape index (κ2) is 6.55. The molecule has 3 aromatic rings. The van der Waals surface area contributed by atoms with Crippen LogP contribution in [0, 0.1) is 25.2 Å². The smallest absolute Gasteiger partial charge is 0.207 e. The Morgan fingerprint density at radius 2 is 1.79 bits per heavy atom. The van der Waals surface area contributed by atoms with Crippen molar-refractivity contribution in [3.8, 4) is 11.8 Å². The molecular formula is C19H19N5. The van der Waals surface area contributed by atoms with Gasteiger partial charge in [-0.3, -0.25) is 0 Å². The van der Waals surface area contributed by atoms with Gasteiger partial charge in [0.15, 0.2) is 5.82 Å². The number of aromatic nitrogens is 3. The molecule has 0 aliphatic carbocycles. The maximum absolute atomic E-state index is 9.43. The molecule has 0 aliphatic rings. The number of benzene rings is 2. The van der Waals surface area contributed by atoms with Crippen LogP contribution in [0.5, 0.6) is 0 Å². The summed E-state index contributed by atoms with van der Waals surface area (Å²) in [6, 6.07) is 18.2. The standard InChI is InChI=1S/C19H19N5/c1-14-8-7-11-18(15(14)2)24-21-17(12-20)19(22-24)23(3)13-16-9-5-4-6-10-16/h4-11H,13H2,1-3H3. The number of hydrogen-bond acceptors (Lipinski definition) is 4. The van der Waals surface area contributed by atoms with Gasteiger partial charge in [0.05, 0.1) is 5.69 Å². The molecule has 0 radical (unpaired) electrons. The van der Waals surface area contributed by atoms with Gasteiger partial charge in [-0.15, -0.1) is 15.0 Å². The van der Waals surface area contributed by atoms with E-state index in [4.69, 9.17) is 0 Å². The van der Waals surface area contributed by atoms with Crippen molar-refractivity contribution in [2.45, 2.75) is 20.4 Å². The monoisotopic (exact) mass is 317 g/mol. The number of nitriles is 1. The molecule has 0 saturated carbocycles. The van der Waals surface area contributed by atoms with E-state index in [1.165, 1.54) is 5.56 Å². The average molecular weight is 317 g/mol. The minimum Gasteiger partial charge on any atom is -0.351 e. The lowest BCUT2D eigenvalue weighted by Crippen LogP contribution is -2.18. The third-order valence-corrected chi connectivity index (χ3v) is 4.12. The molecule has 0 amide bonds. The summed E-state index contributed by atoms with van der Waals surface area (Å²) >= 11 is 0. The molecule has 3 rings (SSSR count). The van der Waals surface area contributed by atoms with E-state index in [1.54, 1.807) is 4.80 Å². The van der Waals surface area contributed by atoms with Crippen molar-refractivity contribution in [1.29, 1.82) is 5.26 Å². The van der Waals surface area contributed by atoms with E-state index in [-0.39, 0.29) is 0 Å². The first-order chi connectivity index (χ1) is 11.6. The van der Waals surface area contributed by atoms with Gasteiger partial charge in [0.2, 0.25) is 5.69 Å². The van der Waals surface area contributed by atoms with E-state index in [1.807, 2.05) is 49.2 Å². The van der Waals surface area contributed by atoms with Crippen LogP contribution in [-0.4, -0.2) is 22.0 Å². The Morgan fingerprint density at radius 3 is 2.50 bits per heavy atom. The molecule has 1 aromatic heterocycles. The summed E-state index contributed by atoms with van der Waals surface area (Å²) in [5.41, 5.74) is 4.65. The third-order valence-electron chi connectivity index (χ3n) is 4.12. The van der Waals surface area contributed by atoms with Crippen LogP contribution in [0.4, 0.5) is 5.82 Å². The lowest BCUT2D eigenvalue weighted by atomic mass is 10.1. The minimum atomic E-state index is 0.328. The van der Waals surface area contributed by atoms with Crippen molar-refractivity contribution in [2.24, 2.45) is 0 Å². The van der Waals surface area contributed by atoms with E-state index in [0.717, 1.165) is 16.8 Å². The molecule has 5 heteroatoms. The molecule has 0 fully saturated rings. The molecular weight excluding hydrogens is 298 g/mol. The predicted octanol–water partition coefficient (Wildman–Crippen LogP) is 3.39. The van der Waals surface area contributed by atoms with Crippen molar-refractivity contribution in [1.82, 2.24) is 15.0 Å². The molecule has 0 N–H and O–H groups in total. The second-order valence-corrected chi connectivity index (χ2v) is 5.83. The SMILES string of the molecule is Cc1cccc(-n2nc(C#N)c(N(C)Cc3ccccc3)n2)c1C. The van der Waals surface area contributed by atoms with Gasteiger partial charge in [0.25, 0.3) is 0 Å². The zero-order valence-corrected chi connectivity index (χ0v) is 14.1. The molecule has 0 spiro atoms. The summed E-state index contributed by atoms with van der Waals surface area (Å²) in [7, 11) is 1.92. The maximum Gasteiger partial charge on any atom is 0.207 e. The van der Waals surface area contributed by atoms with E-state index < -0.39 is 0 Å². The van der Waals surface area contributed by atoms with Gasteiger partial charge in [-0.1, -0.05) is 42.5 Å². The van der Waals surface area contributed by atoms with Gasteiger partial charge < -0.3 is 4.90 Å². The molecule has 24 heavy (non-hydrogen) atoms. The fourth-order valence-electron chi connectivity index (χ4n) is 2.62. The highest BCUT2D eigenvalue weighted by Crippen LogP contribution is 2.21. The second-order valence-electron chi connectivity index (χ2n) is 5.83. The molecule has 5 nitrogen and oxygen atoms in total. The summed E-state index contributed by atoms with van der Waals surface area (Å²) in [5.74, 6) is 0.585. The zero-order valence-electron chi connectivity index (χ0n) is 14.1. The Hall–Kier alpha value is -3.13. The number of anilines is 1. The Kier molecular flexibility index (Phi) is 4.30. The van der Waals surface area contributed by atoms with Crippen LogP contribution >= 0.6 is 0 Å². The van der Waals surface area contributed by atoms with E-state index >= 15 is 0 Å². The Morgan fingerprint density at radius 1 is 1.04 bits per heavy atom. The summed E-state index contributed by atoms with van der Waals surface area (Å²) < 4.78 is 0. The average Bonchev–Trinajstić information content (AvgIpc) is 3.02. The molecule has 0 aliphatic heterocycles. The normalized spacial score (nSPS) is 10.4. The van der Waals surface area contributed by atoms with Crippen molar-refractivity contribution < 1.29 is 0 Å². The van der Waals surface area contributed by atoms with Crippen molar-refractivity contribution in [3.05, 3.63) is 70.9 Å². The highest BCUT2D eigenvalue weighted by molar-refractivity contribution is 5.51. The fourth-order valence-corrected chi connectivity index (χ4v) is 2.62. The first-order valence-electron chi connectivity index (χ1n) is 7.79. The Bertz CT molecular complexity index is 890. The van der Waals surface area contributed by atoms with Crippen LogP contribution in [0.15, 0.2) is 48.5 Å². The summed E-state index contributed by atoms with van der Waals surface area (Å²) in [6.45, 7) is 4.75. The van der Waals surface area contributed by atoms with Crippen LogP contribution in [0.25, 0.3) is 5.69 Å². The van der Waals surface area contributed by atoms with Crippen molar-refractivity contribution in [3.63, 3.8) is 0 Å². The number of nitrogens with zero attached hydrogens (tertiary/aromatic N) is 5. The van der Waals surface area contributed by atoms with E-state index in [0.29, 0.717) is 18.1 Å². The fraction of sp³-hybridized carbons (Fsp3) is 0.211. The minimum absolute atomic E-state index is 0.328. The first kappa shape index (κ1) is 15.8. The molecule has 0 bridgehead atoms. The number of aryl methyl sites for hydroxylation is 1. The predicted molar refractivity (Wildman–Crippen MR) is 94.1 cm³/mol. The van der Waals surface area contributed by atoms with Crippen LogP contribution in [-0.2, 0) is 6.54 Å². The molecule has 1 heterocycles. The topological polar surface area (TPSA) is 57.7 Å². The van der Waals surface area contributed by atoms with Crippen LogP contribution in [0.2, 0.25) is 0 Å². The van der Waals surface area contributed by atoms with E-state index in [9.17, 15) is 5.26 Å². The first-order valence-corrected chi connectivity index (χ1v) is 7.79. The van der Waals surface area contributed by atoms with Crippen molar-refractivity contribution >= 4 is 5.82 Å². The highest BCUT2D eigenvalue weighted by Gasteiger charge is 2.17. The van der Waals surface area contributed by atoms with Gasteiger partial charge >= 0.3 is 0 Å². The van der Waals surface area contributed by atoms with Gasteiger partial charge in [0, 0.05) is 13.6 Å². The van der Waals surface area contributed by atoms with Crippen LogP contribution in [0.1, 0.15) is 22.4 Å². The Labute approximate surface area is 141 Å². The van der Waals surface area contributed by atoms with Gasteiger partial charge in [-0.05, 0) is 36.6 Å². The van der Waals surface area contributed by atoms with Gasteiger partial charge in [-0.2, -0.15) is 5.26 Å². The van der Waals surface area contributed by atoms with Crippen molar-refractivity contribution in [2.75, 3.05) is 11.9 Å². The Balaban J connectivity index is 1.96. The van der Waals surface area contributed by atoms with Gasteiger partial charge in [0.1, 0.15) is 6.07 Å². The molecule has 120 valence electrons. The quantitative estimate of drug-likeness (QED) is 0.740. The van der Waals surface area contributed by atoms with Gasteiger partial charge in [-0.25, -0.2) is 0 Å². The largest absolute Gasteiger partial charge is 0.351 e. The highest BCUT2D eigenvalue weighted by atomic mass is 15.5. The molecule has 0 unspecified atom stereocenters. The summed E-state index contributed by atoms with van der Waals surface area (Å²) in [6.07, 6.45) is 0. The number of rotatable bonds is 4. The zero-order chi connectivity index (χ0) is 17.1. The van der Waals surface area contributed by atoms with Crippen LogP contribution in [0.3, 0.4) is 0 Å². The van der Waals surface area contributed by atoms with Crippen LogP contribution < -0.4 is 4.90 Å². The molecule has 0 saturated heterocycles. The summed E-state index contributed by atoms with van der Waals surface area (Å²) in [4.78, 5) is 3.50. The maximum atomic E-state index is 9.43. The third kappa shape index (κ3) is 2.99. The lowest BCUT2D eigenvalue weighted by molar-refractivity contribution is 0.736. The summed E-state index contributed by atoms with van der Waals surface area (Å²) in [5, 5.41) is 18.3. The molecule has 2 aromatic carbocycles. The molecule has 0 atom stereocenters. The lowest BCUT2D eigenvalue weighted by Gasteiger charge is -2.16.